The van der Waals surface area contributed by atoms with Crippen LogP contribution in [0.4, 0.5) is 0 Å². The fourth-order valence-corrected chi connectivity index (χ4v) is 0.915. The van der Waals surface area contributed by atoms with Gasteiger partial charge in [0.2, 0.25) is 0 Å². The van der Waals surface area contributed by atoms with E-state index in [0.717, 1.165) is 0 Å². The predicted molar refractivity (Wildman–Crippen MR) is 51.3 cm³/mol. The van der Waals surface area contributed by atoms with Crippen molar-refractivity contribution in [1.82, 2.24) is 5.32 Å². The monoisotopic (exact) mass is 205 g/mol. The molecule has 0 saturated carbocycles. The summed E-state index contributed by atoms with van der Waals surface area (Å²) in [4.78, 5) is 0. The molecule has 0 aromatic rings. The van der Waals surface area contributed by atoms with Gasteiger partial charge < -0.3 is 5.32 Å². The molecule has 12 heavy (non-hydrogen) atoms. The molecule has 0 unspecified atom stereocenters. The zero-order valence-corrected chi connectivity index (χ0v) is 7.90. The Morgan fingerprint density at radius 2 is 1.75 bits per heavy atom. The van der Waals surface area contributed by atoms with E-state index in [1.165, 1.54) is 0 Å². The number of nitrogens with one attached hydrogen (secondary N) is 1. The molecule has 0 aliphatic carbocycles. The molecule has 0 amide bonds. The van der Waals surface area contributed by atoms with Crippen molar-refractivity contribution in [3.05, 3.63) is 0 Å². The van der Waals surface area contributed by atoms with E-state index in [1.54, 1.807) is 0 Å². The Kier molecular flexibility index (Phi) is 7.12. The van der Waals surface area contributed by atoms with Crippen molar-refractivity contribution >= 4 is 39.7 Å². The van der Waals surface area contributed by atoms with E-state index in [2.05, 4.69) is 5.32 Å². The Balaban J connectivity index is 0. The quantitative estimate of drug-likeness (QED) is 0.486. The second-order valence-electron chi connectivity index (χ2n) is 3.46. The number of hydrogen-bond acceptors (Lipinski definition) is 3. The van der Waals surface area contributed by atoms with Crippen molar-refractivity contribution in [1.29, 1.82) is 0 Å². The topological polar surface area (TPSA) is 66.4 Å². The SMILES string of the molecule is CC(C)(C)NCCS(=O)(=O)O.[NaH]. The maximum absolute atomic E-state index is 10.2. The molecule has 2 N–H and O–H groups in total. The third kappa shape index (κ3) is 13.5. The zero-order chi connectivity index (χ0) is 9.12. The first-order valence-corrected chi connectivity index (χ1v) is 5.02. The predicted octanol–water partition coefficient (Wildman–Crippen LogP) is -0.386. The van der Waals surface area contributed by atoms with E-state index in [-0.39, 0.29) is 47.4 Å². The van der Waals surface area contributed by atoms with Crippen LogP contribution in [0.1, 0.15) is 20.8 Å². The van der Waals surface area contributed by atoms with Crippen molar-refractivity contribution in [2.24, 2.45) is 0 Å². The van der Waals surface area contributed by atoms with Crippen LogP contribution in [0, 0.1) is 0 Å². The number of rotatable bonds is 3. The average Bonchev–Trinajstić information content (AvgIpc) is 1.55. The van der Waals surface area contributed by atoms with Crippen molar-refractivity contribution < 1.29 is 13.0 Å². The summed E-state index contributed by atoms with van der Waals surface area (Å²) in [6.45, 7) is 6.06. The van der Waals surface area contributed by atoms with Crippen molar-refractivity contribution in [3.8, 4) is 0 Å². The summed E-state index contributed by atoms with van der Waals surface area (Å²) in [6.07, 6.45) is 0. The third-order valence-electron chi connectivity index (χ3n) is 1.02. The first-order chi connectivity index (χ1) is 4.71. The molecule has 6 heteroatoms. The Morgan fingerprint density at radius 3 is 2.00 bits per heavy atom. The van der Waals surface area contributed by atoms with Crippen LogP contribution in [0.3, 0.4) is 0 Å². The van der Waals surface area contributed by atoms with E-state index >= 15 is 0 Å². The molecule has 0 saturated heterocycles. The van der Waals surface area contributed by atoms with Crippen LogP contribution in [0.2, 0.25) is 0 Å². The molecule has 0 aliphatic rings. The van der Waals surface area contributed by atoms with Crippen molar-refractivity contribution in [2.45, 2.75) is 26.3 Å². The van der Waals surface area contributed by atoms with Gasteiger partial charge in [0.25, 0.3) is 10.1 Å². The van der Waals surface area contributed by atoms with Crippen LogP contribution in [0.15, 0.2) is 0 Å². The van der Waals surface area contributed by atoms with Gasteiger partial charge in [-0.2, -0.15) is 8.42 Å². The van der Waals surface area contributed by atoms with Gasteiger partial charge in [-0.3, -0.25) is 4.55 Å². The average molecular weight is 205 g/mol. The molecule has 0 atom stereocenters. The molecule has 0 bridgehead atoms. The molecule has 0 aromatic heterocycles. The molecule has 0 heterocycles. The summed E-state index contributed by atoms with van der Waals surface area (Å²) in [7, 11) is -3.81. The van der Waals surface area contributed by atoms with E-state index < -0.39 is 10.1 Å². The first kappa shape index (κ1) is 15.3. The Bertz CT molecular complexity index is 207. The molecule has 70 valence electrons. The van der Waals surface area contributed by atoms with Gasteiger partial charge in [0.15, 0.2) is 0 Å². The molecule has 0 aromatic carbocycles. The van der Waals surface area contributed by atoms with Gasteiger partial charge >= 0.3 is 29.6 Å². The van der Waals surface area contributed by atoms with Gasteiger partial charge in [0.05, 0.1) is 5.75 Å². The number of hydrogen-bond donors (Lipinski definition) is 2. The first-order valence-electron chi connectivity index (χ1n) is 3.41. The fourth-order valence-electron chi connectivity index (χ4n) is 0.555. The molecular weight excluding hydrogens is 189 g/mol. The zero-order valence-electron chi connectivity index (χ0n) is 7.09. The summed E-state index contributed by atoms with van der Waals surface area (Å²) in [5, 5.41) is 2.94. The van der Waals surface area contributed by atoms with Gasteiger partial charge in [-0.15, -0.1) is 0 Å². The molecule has 0 radical (unpaired) electrons. The molecule has 0 rings (SSSR count). The van der Waals surface area contributed by atoms with Crippen LogP contribution in [0.5, 0.6) is 0 Å². The molecular formula is C6H16NNaO3S. The van der Waals surface area contributed by atoms with Crippen LogP contribution in [0.25, 0.3) is 0 Å². The van der Waals surface area contributed by atoms with Crippen LogP contribution in [-0.2, 0) is 10.1 Å². The third-order valence-corrected chi connectivity index (χ3v) is 1.74. The van der Waals surface area contributed by atoms with Crippen molar-refractivity contribution in [2.75, 3.05) is 12.3 Å². The van der Waals surface area contributed by atoms with E-state index in [4.69, 9.17) is 4.55 Å². The van der Waals surface area contributed by atoms with Gasteiger partial charge in [-0.1, -0.05) is 0 Å². The summed E-state index contributed by atoms with van der Waals surface area (Å²) >= 11 is 0. The molecule has 0 fully saturated rings. The maximum atomic E-state index is 10.2. The van der Waals surface area contributed by atoms with Crippen LogP contribution in [-0.4, -0.2) is 60.4 Å². The van der Waals surface area contributed by atoms with Gasteiger partial charge in [-0.05, 0) is 20.8 Å². The van der Waals surface area contributed by atoms with E-state index in [0.29, 0.717) is 0 Å². The van der Waals surface area contributed by atoms with Crippen molar-refractivity contribution in [3.63, 3.8) is 0 Å². The minimum absolute atomic E-state index is 0. The van der Waals surface area contributed by atoms with E-state index in [9.17, 15) is 8.42 Å². The van der Waals surface area contributed by atoms with E-state index in [1.807, 2.05) is 20.8 Å². The fraction of sp³-hybridized carbons (Fsp3) is 1.00. The van der Waals surface area contributed by atoms with Gasteiger partial charge in [-0.25, -0.2) is 0 Å². The van der Waals surface area contributed by atoms with Crippen LogP contribution < -0.4 is 5.32 Å². The standard InChI is InChI=1S/C6H15NO3S.Na.H/c1-6(2,3)7-4-5-11(8,9)10;;/h7H,4-5H2,1-3H3,(H,8,9,10);;. The second-order valence-corrected chi connectivity index (χ2v) is 5.03. The van der Waals surface area contributed by atoms with Gasteiger partial charge in [0.1, 0.15) is 0 Å². The molecule has 4 nitrogen and oxygen atoms in total. The summed E-state index contributed by atoms with van der Waals surface area (Å²) in [5.41, 5.74) is -0.106. The summed E-state index contributed by atoms with van der Waals surface area (Å²) in [5.74, 6) is -0.232. The normalized spacial score (nSPS) is 12.3. The van der Waals surface area contributed by atoms with Crippen LogP contribution >= 0.6 is 0 Å². The Labute approximate surface area is 96.2 Å². The Hall–Kier alpha value is 0.870. The van der Waals surface area contributed by atoms with Gasteiger partial charge in [0, 0.05) is 12.1 Å². The minimum atomic E-state index is -3.81. The second kappa shape index (κ2) is 5.57. The molecule has 0 spiro atoms. The summed E-state index contributed by atoms with van der Waals surface area (Å²) < 4.78 is 28.8. The Morgan fingerprint density at radius 1 is 1.33 bits per heavy atom. The summed E-state index contributed by atoms with van der Waals surface area (Å²) in [6, 6.07) is 0. The molecule has 0 aliphatic heterocycles.